The summed E-state index contributed by atoms with van der Waals surface area (Å²) in [7, 11) is -1.26. The zero-order chi connectivity index (χ0) is 18.7. The number of ether oxygens (including phenoxy) is 1. The van der Waals surface area contributed by atoms with Crippen LogP contribution in [0.4, 0.5) is 0 Å². The van der Waals surface area contributed by atoms with Crippen LogP contribution in [0.15, 0.2) is 58.4 Å². The number of aromatic nitrogens is 2. The molecular formula is C19H18N2O4S. The Bertz CT molecular complexity index is 1060. The summed E-state index contributed by atoms with van der Waals surface area (Å²) in [5, 5.41) is 0. The topological polar surface area (TPSA) is 77.7 Å². The van der Waals surface area contributed by atoms with E-state index in [4.69, 9.17) is 4.74 Å². The SMILES string of the molecule is CC[S@](=O)c1ccccc1C(=O)OCc1cc(=O)n2cc(C)ccc2n1. The van der Waals surface area contributed by atoms with Crippen LogP contribution in [0, 0.1) is 6.92 Å². The highest BCUT2D eigenvalue weighted by molar-refractivity contribution is 7.85. The molecule has 0 saturated carbocycles. The number of benzene rings is 1. The maximum absolute atomic E-state index is 12.4. The van der Waals surface area contributed by atoms with Crippen molar-refractivity contribution in [2.24, 2.45) is 0 Å². The fourth-order valence-corrected chi connectivity index (χ4v) is 3.48. The highest BCUT2D eigenvalue weighted by Crippen LogP contribution is 2.16. The first-order chi connectivity index (χ1) is 12.5. The third kappa shape index (κ3) is 3.72. The van der Waals surface area contributed by atoms with Crippen molar-refractivity contribution < 1.29 is 13.7 Å². The van der Waals surface area contributed by atoms with Gasteiger partial charge in [-0.1, -0.05) is 25.1 Å². The van der Waals surface area contributed by atoms with Crippen molar-refractivity contribution in [1.29, 1.82) is 0 Å². The van der Waals surface area contributed by atoms with Crippen LogP contribution in [0.25, 0.3) is 5.65 Å². The van der Waals surface area contributed by atoms with Gasteiger partial charge >= 0.3 is 5.97 Å². The predicted octanol–water partition coefficient (Wildman–Crippen LogP) is 2.49. The van der Waals surface area contributed by atoms with Gasteiger partial charge < -0.3 is 4.74 Å². The first-order valence-corrected chi connectivity index (χ1v) is 9.45. The van der Waals surface area contributed by atoms with Crippen LogP contribution < -0.4 is 5.56 Å². The fraction of sp³-hybridized carbons (Fsp3) is 0.211. The van der Waals surface area contributed by atoms with Gasteiger partial charge in [-0.05, 0) is 30.7 Å². The molecule has 0 aliphatic carbocycles. The molecule has 0 spiro atoms. The Kier molecular flexibility index (Phi) is 5.27. The van der Waals surface area contributed by atoms with Gasteiger partial charge in [-0.15, -0.1) is 0 Å². The molecule has 1 atom stereocenters. The van der Waals surface area contributed by atoms with E-state index in [9.17, 15) is 13.8 Å². The molecule has 0 saturated heterocycles. The standard InChI is InChI=1S/C19H18N2O4S/c1-3-26(24)16-7-5-4-6-15(16)19(23)25-12-14-10-18(22)21-11-13(2)8-9-17(21)20-14/h4-11H,3,12H2,1-2H3/t26-/m0/s1. The van der Waals surface area contributed by atoms with Crippen molar-refractivity contribution in [3.8, 4) is 0 Å². The molecule has 2 aromatic heterocycles. The van der Waals surface area contributed by atoms with Gasteiger partial charge in [0.05, 0.1) is 27.0 Å². The minimum Gasteiger partial charge on any atom is -0.456 e. The van der Waals surface area contributed by atoms with Crippen molar-refractivity contribution in [3.63, 3.8) is 0 Å². The Labute approximate surface area is 152 Å². The number of nitrogens with zero attached hydrogens (tertiary/aromatic N) is 2. The van der Waals surface area contributed by atoms with E-state index in [1.807, 2.05) is 13.0 Å². The lowest BCUT2D eigenvalue weighted by molar-refractivity contribution is 0.0463. The second kappa shape index (κ2) is 7.61. The van der Waals surface area contributed by atoms with E-state index in [0.717, 1.165) is 5.56 Å². The molecule has 0 aliphatic heterocycles. The minimum atomic E-state index is -1.26. The summed E-state index contributed by atoms with van der Waals surface area (Å²) in [6, 6.07) is 11.6. The lowest BCUT2D eigenvalue weighted by Crippen LogP contribution is -2.17. The molecule has 0 aliphatic rings. The van der Waals surface area contributed by atoms with Crippen LogP contribution in [0.5, 0.6) is 0 Å². The van der Waals surface area contributed by atoms with Gasteiger partial charge in [-0.25, -0.2) is 9.78 Å². The van der Waals surface area contributed by atoms with Gasteiger partial charge in [-0.3, -0.25) is 13.4 Å². The quantitative estimate of drug-likeness (QED) is 0.645. The van der Waals surface area contributed by atoms with E-state index in [0.29, 0.717) is 22.0 Å². The summed E-state index contributed by atoms with van der Waals surface area (Å²) >= 11 is 0. The second-order valence-electron chi connectivity index (χ2n) is 5.73. The molecule has 3 aromatic rings. The Morgan fingerprint density at radius 1 is 1.23 bits per heavy atom. The lowest BCUT2D eigenvalue weighted by Gasteiger charge is -2.09. The van der Waals surface area contributed by atoms with Gasteiger partial charge in [0.2, 0.25) is 0 Å². The van der Waals surface area contributed by atoms with Crippen LogP contribution in [0.1, 0.15) is 28.5 Å². The largest absolute Gasteiger partial charge is 0.456 e. The number of carbonyl (C=O) groups is 1. The van der Waals surface area contributed by atoms with Crippen molar-refractivity contribution in [2.75, 3.05) is 5.75 Å². The van der Waals surface area contributed by atoms with Crippen molar-refractivity contribution in [1.82, 2.24) is 9.38 Å². The van der Waals surface area contributed by atoms with Crippen LogP contribution in [0.2, 0.25) is 0 Å². The van der Waals surface area contributed by atoms with Crippen molar-refractivity contribution in [2.45, 2.75) is 25.3 Å². The van der Waals surface area contributed by atoms with E-state index in [1.165, 1.54) is 10.5 Å². The van der Waals surface area contributed by atoms with Gasteiger partial charge in [0.1, 0.15) is 12.3 Å². The normalized spacial score (nSPS) is 12.1. The van der Waals surface area contributed by atoms with E-state index >= 15 is 0 Å². The van der Waals surface area contributed by atoms with Gasteiger partial charge in [0, 0.05) is 18.0 Å². The smallest absolute Gasteiger partial charge is 0.339 e. The summed E-state index contributed by atoms with van der Waals surface area (Å²) in [5.41, 5.74) is 1.82. The molecule has 0 N–H and O–H groups in total. The molecule has 26 heavy (non-hydrogen) atoms. The maximum atomic E-state index is 12.4. The average Bonchev–Trinajstić information content (AvgIpc) is 2.66. The number of rotatable bonds is 5. The zero-order valence-electron chi connectivity index (χ0n) is 14.5. The van der Waals surface area contributed by atoms with Gasteiger partial charge in [0.15, 0.2) is 0 Å². The van der Waals surface area contributed by atoms with Crippen molar-refractivity contribution >= 4 is 22.4 Å². The lowest BCUT2D eigenvalue weighted by atomic mass is 10.2. The first-order valence-electron chi connectivity index (χ1n) is 8.13. The Morgan fingerprint density at radius 3 is 2.77 bits per heavy atom. The third-order valence-electron chi connectivity index (χ3n) is 3.83. The molecule has 3 rings (SSSR count). The van der Waals surface area contributed by atoms with Crippen molar-refractivity contribution in [3.05, 3.63) is 75.8 Å². The average molecular weight is 370 g/mol. The van der Waals surface area contributed by atoms with E-state index in [2.05, 4.69) is 4.98 Å². The number of hydrogen-bond donors (Lipinski definition) is 0. The summed E-state index contributed by atoms with van der Waals surface area (Å²) in [5.74, 6) is -0.180. The molecule has 134 valence electrons. The highest BCUT2D eigenvalue weighted by atomic mass is 32.2. The molecular weight excluding hydrogens is 352 g/mol. The van der Waals surface area contributed by atoms with Crippen LogP contribution in [-0.2, 0) is 22.1 Å². The zero-order valence-corrected chi connectivity index (χ0v) is 15.3. The summed E-state index contributed by atoms with van der Waals surface area (Å²) in [4.78, 5) is 29.4. The number of hydrogen-bond acceptors (Lipinski definition) is 5. The molecule has 0 amide bonds. The summed E-state index contributed by atoms with van der Waals surface area (Å²) in [6.07, 6.45) is 1.71. The minimum absolute atomic E-state index is 0.133. The number of pyridine rings is 1. The molecule has 7 heteroatoms. The third-order valence-corrected chi connectivity index (χ3v) is 5.20. The first kappa shape index (κ1) is 18.0. The fourth-order valence-electron chi connectivity index (χ4n) is 2.54. The molecule has 6 nitrogen and oxygen atoms in total. The summed E-state index contributed by atoms with van der Waals surface area (Å²) in [6.45, 7) is 3.54. The van der Waals surface area contributed by atoms with Gasteiger partial charge in [0.25, 0.3) is 5.56 Å². The highest BCUT2D eigenvalue weighted by Gasteiger charge is 2.16. The molecule has 0 radical (unpaired) electrons. The number of carbonyl (C=O) groups excluding carboxylic acids is 1. The molecule has 0 unspecified atom stereocenters. The number of aryl methyl sites for hydroxylation is 1. The van der Waals surface area contributed by atoms with Crippen LogP contribution in [0.3, 0.4) is 0 Å². The van der Waals surface area contributed by atoms with E-state index < -0.39 is 16.8 Å². The predicted molar refractivity (Wildman–Crippen MR) is 98.7 cm³/mol. The van der Waals surface area contributed by atoms with Crippen LogP contribution in [-0.4, -0.2) is 25.3 Å². The molecule has 2 heterocycles. The molecule has 1 aromatic carbocycles. The van der Waals surface area contributed by atoms with E-state index in [1.54, 1.807) is 43.5 Å². The second-order valence-corrected chi connectivity index (χ2v) is 7.44. The summed E-state index contributed by atoms with van der Waals surface area (Å²) < 4.78 is 18.8. The molecule has 0 bridgehead atoms. The number of esters is 1. The Balaban J connectivity index is 1.83. The Morgan fingerprint density at radius 2 is 2.00 bits per heavy atom. The monoisotopic (exact) mass is 370 g/mol. The van der Waals surface area contributed by atoms with E-state index in [-0.39, 0.29) is 17.7 Å². The Hall–Kier alpha value is -2.80. The van der Waals surface area contributed by atoms with Gasteiger partial charge in [-0.2, -0.15) is 0 Å². The molecule has 0 fully saturated rings. The maximum Gasteiger partial charge on any atom is 0.339 e. The number of fused-ring (bicyclic) bond motifs is 1. The van der Waals surface area contributed by atoms with Crippen LogP contribution >= 0.6 is 0 Å².